The van der Waals surface area contributed by atoms with Gasteiger partial charge in [-0.3, -0.25) is 9.97 Å². The van der Waals surface area contributed by atoms with Crippen LogP contribution in [0.5, 0.6) is 0 Å². The Hall–Kier alpha value is -1.03. The molecule has 0 amide bonds. The smallest absolute Gasteiger partial charge is 0.166 e. The molecule has 1 aromatic heterocycles. The van der Waals surface area contributed by atoms with Gasteiger partial charge in [-0.2, -0.15) is 0 Å². The van der Waals surface area contributed by atoms with Crippen LogP contribution in [0.3, 0.4) is 0 Å². The van der Waals surface area contributed by atoms with E-state index < -0.39 is 5.67 Å². The molecule has 2 N–H and O–H groups in total. The number of hydrogen-bond acceptors (Lipinski definition) is 3. The number of alkyl halides is 1. The lowest BCUT2D eigenvalue weighted by molar-refractivity contribution is 0.162. The van der Waals surface area contributed by atoms with Crippen molar-refractivity contribution < 1.29 is 4.39 Å². The van der Waals surface area contributed by atoms with E-state index in [0.29, 0.717) is 12.1 Å². The van der Waals surface area contributed by atoms with Crippen molar-refractivity contribution in [3.8, 4) is 0 Å². The van der Waals surface area contributed by atoms with Crippen molar-refractivity contribution >= 4 is 0 Å². The molecule has 0 radical (unpaired) electrons. The van der Waals surface area contributed by atoms with Gasteiger partial charge in [-0.25, -0.2) is 4.39 Å². The quantitative estimate of drug-likeness (QED) is 0.734. The van der Waals surface area contributed by atoms with Gasteiger partial charge in [-0.05, 0) is 6.42 Å². The highest BCUT2D eigenvalue weighted by Gasteiger charge is 2.29. The first-order valence-electron chi connectivity index (χ1n) is 3.88. The zero-order chi connectivity index (χ0) is 9.03. The Bertz CT molecular complexity index is 233. The molecular formula is C8H12FN3. The summed E-state index contributed by atoms with van der Waals surface area (Å²) in [4.78, 5) is 7.66. The minimum Gasteiger partial charge on any atom is -0.327 e. The fourth-order valence-corrected chi connectivity index (χ4v) is 0.960. The van der Waals surface area contributed by atoms with Gasteiger partial charge in [0.2, 0.25) is 0 Å². The van der Waals surface area contributed by atoms with Crippen molar-refractivity contribution in [2.24, 2.45) is 5.73 Å². The molecule has 4 heteroatoms. The highest BCUT2D eigenvalue weighted by Crippen LogP contribution is 2.25. The van der Waals surface area contributed by atoms with E-state index in [2.05, 4.69) is 9.97 Å². The molecule has 0 fully saturated rings. The lowest BCUT2D eigenvalue weighted by Gasteiger charge is -2.19. The summed E-state index contributed by atoms with van der Waals surface area (Å²) in [6.45, 7) is 1.68. The van der Waals surface area contributed by atoms with Crippen molar-refractivity contribution in [3.05, 3.63) is 24.3 Å². The molecule has 0 aliphatic heterocycles. The van der Waals surface area contributed by atoms with Crippen LogP contribution in [0, 0.1) is 0 Å². The SMILES string of the molecule is CCC(F)(CN)c1cnccn1. The number of nitrogens with zero attached hydrogens (tertiary/aromatic N) is 2. The van der Waals surface area contributed by atoms with Gasteiger partial charge < -0.3 is 5.73 Å². The first-order chi connectivity index (χ1) is 5.73. The van der Waals surface area contributed by atoms with Gasteiger partial charge in [-0.15, -0.1) is 0 Å². The summed E-state index contributed by atoms with van der Waals surface area (Å²) in [5, 5.41) is 0. The van der Waals surface area contributed by atoms with E-state index in [9.17, 15) is 4.39 Å². The predicted molar refractivity (Wildman–Crippen MR) is 44.2 cm³/mol. The summed E-state index contributed by atoms with van der Waals surface area (Å²) in [5.74, 6) is 0. The molecule has 0 bridgehead atoms. The van der Waals surface area contributed by atoms with Gasteiger partial charge in [0.1, 0.15) is 0 Å². The molecule has 0 aromatic carbocycles. The normalized spacial score (nSPS) is 15.6. The molecule has 12 heavy (non-hydrogen) atoms. The monoisotopic (exact) mass is 169 g/mol. The zero-order valence-corrected chi connectivity index (χ0v) is 7.00. The number of rotatable bonds is 3. The van der Waals surface area contributed by atoms with Crippen LogP contribution in [-0.2, 0) is 5.67 Å². The first kappa shape index (κ1) is 9.06. The third-order valence-electron chi connectivity index (χ3n) is 1.91. The summed E-state index contributed by atoms with van der Waals surface area (Å²) in [5.41, 5.74) is 4.10. The van der Waals surface area contributed by atoms with Crippen molar-refractivity contribution in [1.29, 1.82) is 0 Å². The lowest BCUT2D eigenvalue weighted by atomic mass is 9.99. The zero-order valence-electron chi connectivity index (χ0n) is 7.00. The molecule has 1 rings (SSSR count). The van der Waals surface area contributed by atoms with E-state index in [1.165, 1.54) is 18.6 Å². The van der Waals surface area contributed by atoms with Crippen LogP contribution in [0.4, 0.5) is 4.39 Å². The van der Waals surface area contributed by atoms with E-state index >= 15 is 0 Å². The Morgan fingerprint density at radius 2 is 2.33 bits per heavy atom. The molecule has 0 saturated heterocycles. The molecule has 1 unspecified atom stereocenters. The molecule has 3 nitrogen and oxygen atoms in total. The van der Waals surface area contributed by atoms with E-state index in [-0.39, 0.29) is 6.54 Å². The molecule has 0 aliphatic carbocycles. The maximum Gasteiger partial charge on any atom is 0.166 e. The Morgan fingerprint density at radius 3 is 2.75 bits per heavy atom. The van der Waals surface area contributed by atoms with Gasteiger partial charge in [0.25, 0.3) is 0 Å². The average Bonchev–Trinajstić information content (AvgIpc) is 2.18. The second kappa shape index (κ2) is 3.58. The van der Waals surface area contributed by atoms with Crippen LogP contribution < -0.4 is 5.73 Å². The lowest BCUT2D eigenvalue weighted by Crippen LogP contribution is -2.30. The standard InChI is InChI=1S/C8H12FN3/c1-2-8(9,6-10)7-5-11-3-4-12-7/h3-5H,2,6,10H2,1H3. The second-order valence-corrected chi connectivity index (χ2v) is 2.61. The Balaban J connectivity index is 2.95. The molecule has 1 heterocycles. The maximum absolute atomic E-state index is 13.8. The largest absolute Gasteiger partial charge is 0.327 e. The molecule has 66 valence electrons. The minimum absolute atomic E-state index is 0.0534. The highest BCUT2D eigenvalue weighted by atomic mass is 19.1. The van der Waals surface area contributed by atoms with Crippen LogP contribution in [0.1, 0.15) is 19.0 Å². The fourth-order valence-electron chi connectivity index (χ4n) is 0.960. The molecule has 1 atom stereocenters. The Labute approximate surface area is 70.8 Å². The number of aromatic nitrogens is 2. The summed E-state index contributed by atoms with van der Waals surface area (Å²) in [6, 6.07) is 0. The summed E-state index contributed by atoms with van der Waals surface area (Å²) < 4.78 is 13.8. The highest BCUT2D eigenvalue weighted by molar-refractivity contribution is 5.08. The van der Waals surface area contributed by atoms with Crippen LogP contribution in [-0.4, -0.2) is 16.5 Å². The number of hydrogen-bond donors (Lipinski definition) is 1. The van der Waals surface area contributed by atoms with Gasteiger partial charge in [0.05, 0.1) is 11.9 Å². The van der Waals surface area contributed by atoms with Gasteiger partial charge in [0.15, 0.2) is 5.67 Å². The summed E-state index contributed by atoms with van der Waals surface area (Å²) in [6.07, 6.45) is 4.71. The van der Waals surface area contributed by atoms with Gasteiger partial charge in [-0.1, -0.05) is 6.92 Å². The predicted octanol–water partition coefficient (Wildman–Crippen LogP) is 1.01. The minimum atomic E-state index is -1.52. The third-order valence-corrected chi connectivity index (χ3v) is 1.91. The van der Waals surface area contributed by atoms with Gasteiger partial charge in [0, 0.05) is 18.9 Å². The van der Waals surface area contributed by atoms with Crippen LogP contribution in [0.2, 0.25) is 0 Å². The van der Waals surface area contributed by atoms with E-state index in [1.54, 1.807) is 6.92 Å². The van der Waals surface area contributed by atoms with Crippen LogP contribution in [0.25, 0.3) is 0 Å². The van der Waals surface area contributed by atoms with Crippen LogP contribution in [0.15, 0.2) is 18.6 Å². The number of nitrogens with two attached hydrogens (primary N) is 1. The second-order valence-electron chi connectivity index (χ2n) is 2.61. The molecule has 0 spiro atoms. The average molecular weight is 169 g/mol. The maximum atomic E-state index is 13.8. The van der Waals surface area contributed by atoms with Crippen molar-refractivity contribution in [2.45, 2.75) is 19.0 Å². The van der Waals surface area contributed by atoms with Gasteiger partial charge >= 0.3 is 0 Å². The van der Waals surface area contributed by atoms with Crippen LogP contribution >= 0.6 is 0 Å². The fraction of sp³-hybridized carbons (Fsp3) is 0.500. The summed E-state index contributed by atoms with van der Waals surface area (Å²) >= 11 is 0. The van der Waals surface area contributed by atoms with Crippen molar-refractivity contribution in [2.75, 3.05) is 6.54 Å². The van der Waals surface area contributed by atoms with E-state index in [0.717, 1.165) is 0 Å². The van der Waals surface area contributed by atoms with E-state index in [1.807, 2.05) is 0 Å². The summed E-state index contributed by atoms with van der Waals surface area (Å²) in [7, 11) is 0. The van der Waals surface area contributed by atoms with Crippen molar-refractivity contribution in [3.63, 3.8) is 0 Å². The van der Waals surface area contributed by atoms with Crippen molar-refractivity contribution in [1.82, 2.24) is 9.97 Å². The third kappa shape index (κ3) is 1.58. The topological polar surface area (TPSA) is 51.8 Å². The first-order valence-corrected chi connectivity index (χ1v) is 3.88. The van der Waals surface area contributed by atoms with E-state index in [4.69, 9.17) is 5.73 Å². The molecule has 0 saturated carbocycles. The Kier molecular flexibility index (Phi) is 2.70. The molecular weight excluding hydrogens is 157 g/mol. The molecule has 1 aromatic rings. The molecule has 0 aliphatic rings. The Morgan fingerprint density at radius 1 is 1.58 bits per heavy atom. The number of halogens is 1.